The van der Waals surface area contributed by atoms with Gasteiger partial charge in [-0.15, -0.1) is 0 Å². The number of aromatic carboxylic acids is 1. The summed E-state index contributed by atoms with van der Waals surface area (Å²) in [4.78, 5) is 21.0. The number of carbonyl (C=O) groups excluding carboxylic acids is 1. The van der Waals surface area contributed by atoms with Gasteiger partial charge < -0.3 is 5.11 Å². The van der Waals surface area contributed by atoms with Crippen LogP contribution in [0.25, 0.3) is 0 Å². The third-order valence-corrected chi connectivity index (χ3v) is 1.58. The fourth-order valence-electron chi connectivity index (χ4n) is 1.02. The van der Waals surface area contributed by atoms with Crippen LogP contribution in [0.3, 0.4) is 0 Å². The van der Waals surface area contributed by atoms with E-state index in [0.717, 1.165) is 0 Å². The number of carboxylic acid groups (broad SMARTS) is 1. The van der Waals surface area contributed by atoms with E-state index in [-0.39, 0.29) is 17.4 Å². The first-order valence-corrected chi connectivity index (χ1v) is 3.84. The first-order chi connectivity index (χ1) is 6.06. The van der Waals surface area contributed by atoms with Crippen molar-refractivity contribution in [1.29, 1.82) is 0 Å². The van der Waals surface area contributed by atoms with Gasteiger partial charge in [0.2, 0.25) is 0 Å². The van der Waals surface area contributed by atoms with Crippen molar-refractivity contribution in [3.63, 3.8) is 0 Å². The van der Waals surface area contributed by atoms with E-state index in [1.807, 2.05) is 0 Å². The van der Waals surface area contributed by atoms with E-state index >= 15 is 0 Å². The van der Waals surface area contributed by atoms with Gasteiger partial charge in [-0.3, -0.25) is 9.48 Å². The van der Waals surface area contributed by atoms with Crippen molar-refractivity contribution >= 4 is 12.3 Å². The highest BCUT2D eigenvalue weighted by molar-refractivity contribution is 5.88. The second-order valence-corrected chi connectivity index (χ2v) is 2.92. The lowest BCUT2D eigenvalue weighted by Gasteiger charge is -2.06. The monoisotopic (exact) mass is 182 g/mol. The number of aromatic nitrogens is 2. The molecule has 0 saturated heterocycles. The normalized spacial score (nSPS) is 10.4. The Morgan fingerprint density at radius 3 is 2.62 bits per heavy atom. The molecular weight excluding hydrogens is 172 g/mol. The second-order valence-electron chi connectivity index (χ2n) is 2.92. The molecule has 1 aromatic rings. The standard InChI is InChI=1S/C8H10N2O3/c1-5(2)10-7(8(12)13)3-6(4-11)9-10/h3-5H,1-2H3,(H,12,13). The second kappa shape index (κ2) is 3.38. The highest BCUT2D eigenvalue weighted by Crippen LogP contribution is 2.10. The SMILES string of the molecule is CC(C)n1nc(C=O)cc1C(=O)O. The van der Waals surface area contributed by atoms with Crippen molar-refractivity contribution in [3.05, 3.63) is 17.5 Å². The van der Waals surface area contributed by atoms with Gasteiger partial charge in [-0.25, -0.2) is 4.79 Å². The quantitative estimate of drug-likeness (QED) is 0.707. The van der Waals surface area contributed by atoms with E-state index in [0.29, 0.717) is 6.29 Å². The Hall–Kier alpha value is -1.65. The zero-order valence-corrected chi connectivity index (χ0v) is 7.39. The van der Waals surface area contributed by atoms with E-state index in [1.54, 1.807) is 13.8 Å². The molecule has 0 fully saturated rings. The molecule has 5 nitrogen and oxygen atoms in total. The molecule has 1 heterocycles. The van der Waals surface area contributed by atoms with Crippen LogP contribution in [-0.4, -0.2) is 27.1 Å². The molecule has 0 amide bonds. The van der Waals surface area contributed by atoms with Gasteiger partial charge in [-0.05, 0) is 13.8 Å². The summed E-state index contributed by atoms with van der Waals surface area (Å²) >= 11 is 0. The summed E-state index contributed by atoms with van der Waals surface area (Å²) in [5, 5.41) is 12.6. The Bertz CT molecular complexity index is 341. The van der Waals surface area contributed by atoms with Gasteiger partial charge in [-0.1, -0.05) is 0 Å². The van der Waals surface area contributed by atoms with Crippen LogP contribution in [0.2, 0.25) is 0 Å². The molecule has 70 valence electrons. The lowest BCUT2D eigenvalue weighted by molar-refractivity contribution is 0.0681. The summed E-state index contributed by atoms with van der Waals surface area (Å²) in [6.45, 7) is 3.60. The minimum Gasteiger partial charge on any atom is -0.477 e. The van der Waals surface area contributed by atoms with E-state index in [4.69, 9.17) is 5.11 Å². The molecular formula is C8H10N2O3. The number of hydrogen-bond acceptors (Lipinski definition) is 3. The average Bonchev–Trinajstić information content (AvgIpc) is 2.47. The molecule has 0 bridgehead atoms. The molecule has 0 aliphatic carbocycles. The molecule has 0 saturated carbocycles. The largest absolute Gasteiger partial charge is 0.477 e. The number of aldehydes is 1. The lowest BCUT2D eigenvalue weighted by atomic mass is 10.3. The maximum atomic E-state index is 10.7. The van der Waals surface area contributed by atoms with Crippen molar-refractivity contribution < 1.29 is 14.7 Å². The van der Waals surface area contributed by atoms with Crippen molar-refractivity contribution in [2.75, 3.05) is 0 Å². The Kier molecular flexibility index (Phi) is 2.46. The van der Waals surface area contributed by atoms with Gasteiger partial charge in [0, 0.05) is 12.1 Å². The number of nitrogens with zero attached hydrogens (tertiary/aromatic N) is 2. The molecule has 1 N–H and O–H groups in total. The van der Waals surface area contributed by atoms with Crippen LogP contribution in [0.4, 0.5) is 0 Å². The van der Waals surface area contributed by atoms with Crippen LogP contribution in [0.5, 0.6) is 0 Å². The smallest absolute Gasteiger partial charge is 0.354 e. The number of rotatable bonds is 3. The Morgan fingerprint density at radius 1 is 1.69 bits per heavy atom. The van der Waals surface area contributed by atoms with Crippen molar-refractivity contribution in [2.24, 2.45) is 0 Å². The summed E-state index contributed by atoms with van der Waals surface area (Å²) in [7, 11) is 0. The van der Waals surface area contributed by atoms with E-state index in [1.165, 1.54) is 10.7 Å². The fourth-order valence-corrected chi connectivity index (χ4v) is 1.02. The molecule has 1 aromatic heterocycles. The molecule has 5 heteroatoms. The van der Waals surface area contributed by atoms with Gasteiger partial charge in [0.1, 0.15) is 11.4 Å². The zero-order valence-electron chi connectivity index (χ0n) is 7.39. The molecule has 0 atom stereocenters. The molecule has 0 aliphatic rings. The predicted molar refractivity (Wildman–Crippen MR) is 45.0 cm³/mol. The van der Waals surface area contributed by atoms with Gasteiger partial charge >= 0.3 is 5.97 Å². The van der Waals surface area contributed by atoms with Crippen molar-refractivity contribution in [1.82, 2.24) is 9.78 Å². The Morgan fingerprint density at radius 2 is 2.31 bits per heavy atom. The Labute approximate surface area is 75.0 Å². The molecule has 13 heavy (non-hydrogen) atoms. The number of carboxylic acids is 1. The lowest BCUT2D eigenvalue weighted by Crippen LogP contribution is -2.11. The molecule has 0 spiro atoms. The van der Waals surface area contributed by atoms with Gasteiger partial charge in [0.15, 0.2) is 6.29 Å². The summed E-state index contributed by atoms with van der Waals surface area (Å²) in [5.41, 5.74) is 0.184. The van der Waals surface area contributed by atoms with Crippen LogP contribution in [0.15, 0.2) is 6.07 Å². The van der Waals surface area contributed by atoms with Gasteiger partial charge in [0.25, 0.3) is 0 Å². The Balaban J connectivity index is 3.22. The summed E-state index contributed by atoms with van der Waals surface area (Å²) in [6.07, 6.45) is 0.533. The van der Waals surface area contributed by atoms with Crippen molar-refractivity contribution in [3.8, 4) is 0 Å². The maximum absolute atomic E-state index is 10.7. The topological polar surface area (TPSA) is 72.2 Å². The first-order valence-electron chi connectivity index (χ1n) is 3.84. The third-order valence-electron chi connectivity index (χ3n) is 1.58. The average molecular weight is 182 g/mol. The van der Waals surface area contributed by atoms with Crippen LogP contribution in [0, 0.1) is 0 Å². The maximum Gasteiger partial charge on any atom is 0.354 e. The molecule has 0 aliphatic heterocycles. The van der Waals surface area contributed by atoms with Crippen LogP contribution >= 0.6 is 0 Å². The summed E-state index contributed by atoms with van der Waals surface area (Å²) < 4.78 is 1.31. The number of carbonyl (C=O) groups is 2. The van der Waals surface area contributed by atoms with Gasteiger partial charge in [0.05, 0.1) is 0 Å². The van der Waals surface area contributed by atoms with Crippen LogP contribution in [0.1, 0.15) is 40.9 Å². The number of hydrogen-bond donors (Lipinski definition) is 1. The minimum atomic E-state index is -1.07. The van der Waals surface area contributed by atoms with Crippen LogP contribution in [-0.2, 0) is 0 Å². The zero-order chi connectivity index (χ0) is 10.0. The fraction of sp³-hybridized carbons (Fsp3) is 0.375. The molecule has 0 unspecified atom stereocenters. The highest BCUT2D eigenvalue weighted by Gasteiger charge is 2.15. The molecule has 0 radical (unpaired) electrons. The van der Waals surface area contributed by atoms with Crippen LogP contribution < -0.4 is 0 Å². The minimum absolute atomic E-state index is 0.0390. The summed E-state index contributed by atoms with van der Waals surface area (Å²) in [6, 6.07) is 1.19. The van der Waals surface area contributed by atoms with Crippen molar-refractivity contribution in [2.45, 2.75) is 19.9 Å². The van der Waals surface area contributed by atoms with E-state index in [2.05, 4.69) is 5.10 Å². The predicted octanol–water partition coefficient (Wildman–Crippen LogP) is 0.975. The third kappa shape index (κ3) is 1.74. The molecule has 1 rings (SSSR count). The van der Waals surface area contributed by atoms with E-state index in [9.17, 15) is 9.59 Å². The van der Waals surface area contributed by atoms with E-state index < -0.39 is 5.97 Å². The highest BCUT2D eigenvalue weighted by atomic mass is 16.4. The van der Waals surface area contributed by atoms with Gasteiger partial charge in [-0.2, -0.15) is 5.10 Å². The molecule has 0 aromatic carbocycles. The first kappa shape index (κ1) is 9.44. The summed E-state index contributed by atoms with van der Waals surface area (Å²) in [5.74, 6) is -1.07.